The van der Waals surface area contributed by atoms with Crippen LogP contribution in [0.4, 0.5) is 5.69 Å². The molecule has 3 aromatic rings. The molecule has 2 aromatic carbocycles. The summed E-state index contributed by atoms with van der Waals surface area (Å²) in [5, 5.41) is 16.2. The molecule has 0 radical (unpaired) electrons. The Labute approximate surface area is 176 Å². The molecule has 1 heterocycles. The van der Waals surface area contributed by atoms with Gasteiger partial charge in [-0.1, -0.05) is 35.9 Å². The Balaban J connectivity index is 1.56. The van der Waals surface area contributed by atoms with Crippen molar-refractivity contribution in [1.82, 2.24) is 5.43 Å². The standard InChI is InChI=1S/C21H18ClN3O3S/c1-13(24-25-20(27)12-14-2-8-17(26)9-3-14)15-4-6-16(7-5-15)23-21(28)18-10-11-19(22)29-18/h2-11,26H,12H2,1H3,(H,23,28)(H,25,27)/b24-13+. The number of nitrogens with one attached hydrogen (secondary N) is 2. The van der Waals surface area contributed by atoms with Gasteiger partial charge >= 0.3 is 0 Å². The van der Waals surface area contributed by atoms with E-state index in [1.54, 1.807) is 43.3 Å². The molecule has 3 rings (SSSR count). The Kier molecular flexibility index (Phi) is 6.64. The van der Waals surface area contributed by atoms with Gasteiger partial charge in [-0.05, 0) is 54.4 Å². The number of carbonyl (C=O) groups is 2. The van der Waals surface area contributed by atoms with Gasteiger partial charge in [-0.15, -0.1) is 11.3 Å². The highest BCUT2D eigenvalue weighted by Crippen LogP contribution is 2.22. The third kappa shape index (κ3) is 5.91. The highest BCUT2D eigenvalue weighted by molar-refractivity contribution is 7.18. The smallest absolute Gasteiger partial charge is 0.265 e. The number of hydrazone groups is 1. The van der Waals surface area contributed by atoms with Gasteiger partial charge in [-0.3, -0.25) is 9.59 Å². The lowest BCUT2D eigenvalue weighted by atomic mass is 10.1. The lowest BCUT2D eigenvalue weighted by Gasteiger charge is -2.06. The van der Waals surface area contributed by atoms with Gasteiger partial charge in [0, 0.05) is 5.69 Å². The third-order valence-corrected chi connectivity index (χ3v) is 5.24. The van der Waals surface area contributed by atoms with Crippen LogP contribution in [0, 0.1) is 0 Å². The van der Waals surface area contributed by atoms with Gasteiger partial charge < -0.3 is 10.4 Å². The Morgan fingerprint density at radius 2 is 1.72 bits per heavy atom. The molecule has 148 valence electrons. The van der Waals surface area contributed by atoms with Crippen molar-refractivity contribution in [3.8, 4) is 5.75 Å². The largest absolute Gasteiger partial charge is 0.508 e. The average molecular weight is 428 g/mol. The molecule has 0 aliphatic rings. The Bertz CT molecular complexity index is 1040. The van der Waals surface area contributed by atoms with Crippen LogP contribution >= 0.6 is 22.9 Å². The summed E-state index contributed by atoms with van der Waals surface area (Å²) in [6.45, 7) is 1.78. The Morgan fingerprint density at radius 1 is 1.03 bits per heavy atom. The van der Waals surface area contributed by atoms with Gasteiger partial charge in [-0.25, -0.2) is 5.43 Å². The van der Waals surface area contributed by atoms with E-state index in [9.17, 15) is 14.7 Å². The van der Waals surface area contributed by atoms with E-state index in [0.717, 1.165) is 11.1 Å². The third-order valence-electron chi connectivity index (χ3n) is 4.01. The molecule has 0 bridgehead atoms. The summed E-state index contributed by atoms with van der Waals surface area (Å²) in [5.74, 6) is -0.322. The average Bonchev–Trinajstić information content (AvgIpc) is 3.15. The van der Waals surface area contributed by atoms with Crippen LogP contribution in [0.15, 0.2) is 65.8 Å². The van der Waals surface area contributed by atoms with Crippen molar-refractivity contribution in [1.29, 1.82) is 0 Å². The molecule has 0 fully saturated rings. The van der Waals surface area contributed by atoms with Gasteiger partial charge in [0.2, 0.25) is 5.91 Å². The molecule has 0 atom stereocenters. The Hall–Kier alpha value is -3.16. The quantitative estimate of drug-likeness (QED) is 0.401. The van der Waals surface area contributed by atoms with Gasteiger partial charge in [0.1, 0.15) is 5.75 Å². The number of phenols is 1. The molecule has 29 heavy (non-hydrogen) atoms. The van der Waals surface area contributed by atoms with Crippen molar-refractivity contribution in [3.63, 3.8) is 0 Å². The number of nitrogens with zero attached hydrogens (tertiary/aromatic N) is 1. The van der Waals surface area contributed by atoms with E-state index >= 15 is 0 Å². The lowest BCUT2D eigenvalue weighted by molar-refractivity contribution is -0.120. The summed E-state index contributed by atoms with van der Waals surface area (Å²) < 4.78 is 0.560. The van der Waals surface area contributed by atoms with Crippen LogP contribution in [0.1, 0.15) is 27.7 Å². The van der Waals surface area contributed by atoms with Gasteiger partial charge in [-0.2, -0.15) is 5.10 Å². The first-order valence-electron chi connectivity index (χ1n) is 8.69. The normalized spacial score (nSPS) is 11.2. The number of anilines is 1. The number of aromatic hydroxyl groups is 1. The molecule has 1 aromatic heterocycles. The van der Waals surface area contributed by atoms with Crippen LogP contribution in [0.25, 0.3) is 0 Å². The molecule has 0 aliphatic heterocycles. The van der Waals surface area contributed by atoms with Crippen molar-refractivity contribution < 1.29 is 14.7 Å². The number of phenolic OH excluding ortho intramolecular Hbond substituents is 1. The maximum atomic E-state index is 12.1. The minimum atomic E-state index is -0.256. The molecule has 0 unspecified atom stereocenters. The summed E-state index contributed by atoms with van der Waals surface area (Å²) >= 11 is 7.07. The molecule has 0 aliphatic carbocycles. The van der Waals surface area contributed by atoms with E-state index in [4.69, 9.17) is 11.6 Å². The number of amides is 2. The summed E-state index contributed by atoms with van der Waals surface area (Å²) in [6, 6.07) is 16.9. The maximum Gasteiger partial charge on any atom is 0.265 e. The zero-order valence-corrected chi connectivity index (χ0v) is 17.1. The molecule has 6 nitrogen and oxygen atoms in total. The van der Waals surface area contributed by atoms with Crippen LogP contribution < -0.4 is 10.7 Å². The number of rotatable bonds is 6. The minimum Gasteiger partial charge on any atom is -0.508 e. The van der Waals surface area contributed by atoms with Crippen LogP contribution in [0.2, 0.25) is 4.34 Å². The topological polar surface area (TPSA) is 90.8 Å². The molecular weight excluding hydrogens is 410 g/mol. The van der Waals surface area contributed by atoms with Crippen molar-refractivity contribution in [3.05, 3.63) is 81.0 Å². The fourth-order valence-corrected chi connectivity index (χ4v) is 3.41. The maximum absolute atomic E-state index is 12.1. The Morgan fingerprint density at radius 3 is 2.34 bits per heavy atom. The van der Waals surface area contributed by atoms with Gasteiger partial charge in [0.05, 0.1) is 21.3 Å². The first kappa shape index (κ1) is 20.6. The number of thiophene rings is 1. The fourth-order valence-electron chi connectivity index (χ4n) is 2.47. The molecule has 8 heteroatoms. The van der Waals surface area contributed by atoms with Gasteiger partial charge in [0.15, 0.2) is 0 Å². The highest BCUT2D eigenvalue weighted by Gasteiger charge is 2.09. The van der Waals surface area contributed by atoms with E-state index in [2.05, 4.69) is 15.8 Å². The van der Waals surface area contributed by atoms with Crippen LogP contribution in [-0.4, -0.2) is 22.6 Å². The van der Waals surface area contributed by atoms with Crippen LogP contribution in [0.5, 0.6) is 5.75 Å². The van der Waals surface area contributed by atoms with E-state index in [1.165, 1.54) is 23.5 Å². The second-order valence-corrected chi connectivity index (χ2v) is 7.93. The van der Waals surface area contributed by atoms with Crippen LogP contribution in [-0.2, 0) is 11.2 Å². The second-order valence-electron chi connectivity index (χ2n) is 6.21. The predicted octanol–water partition coefficient (Wildman–Crippen LogP) is 4.44. The van der Waals surface area contributed by atoms with E-state index in [0.29, 0.717) is 20.6 Å². The number of carbonyl (C=O) groups excluding carboxylic acids is 2. The summed E-state index contributed by atoms with van der Waals surface area (Å²) in [7, 11) is 0. The monoisotopic (exact) mass is 427 g/mol. The fraction of sp³-hybridized carbons (Fsp3) is 0.0952. The second kappa shape index (κ2) is 9.36. The zero-order chi connectivity index (χ0) is 20.8. The van der Waals surface area contributed by atoms with Crippen molar-refractivity contribution >= 4 is 46.2 Å². The molecular formula is C21H18ClN3O3S. The zero-order valence-electron chi connectivity index (χ0n) is 15.5. The summed E-state index contributed by atoms with van der Waals surface area (Å²) in [6.07, 6.45) is 0.161. The van der Waals surface area contributed by atoms with E-state index in [1.807, 2.05) is 12.1 Å². The molecule has 0 saturated heterocycles. The highest BCUT2D eigenvalue weighted by atomic mass is 35.5. The first-order chi connectivity index (χ1) is 13.9. The molecule has 3 N–H and O–H groups in total. The van der Waals surface area contributed by atoms with Gasteiger partial charge in [0.25, 0.3) is 5.91 Å². The molecule has 0 spiro atoms. The van der Waals surface area contributed by atoms with Crippen molar-refractivity contribution in [2.24, 2.45) is 5.10 Å². The summed E-state index contributed by atoms with van der Waals surface area (Å²) in [4.78, 5) is 24.7. The van der Waals surface area contributed by atoms with Crippen molar-refractivity contribution in [2.75, 3.05) is 5.32 Å². The van der Waals surface area contributed by atoms with Crippen molar-refractivity contribution in [2.45, 2.75) is 13.3 Å². The van der Waals surface area contributed by atoms with E-state index in [-0.39, 0.29) is 24.0 Å². The first-order valence-corrected chi connectivity index (χ1v) is 9.88. The number of hydrogen-bond donors (Lipinski definition) is 3. The van der Waals surface area contributed by atoms with E-state index < -0.39 is 0 Å². The molecule has 2 amide bonds. The number of hydrogen-bond acceptors (Lipinski definition) is 5. The molecule has 0 saturated carbocycles. The lowest BCUT2D eigenvalue weighted by Crippen LogP contribution is -2.21. The predicted molar refractivity (Wildman–Crippen MR) is 116 cm³/mol. The van der Waals surface area contributed by atoms with Crippen LogP contribution in [0.3, 0.4) is 0 Å². The minimum absolute atomic E-state index is 0.154. The number of halogens is 1. The summed E-state index contributed by atoms with van der Waals surface area (Å²) in [5.41, 5.74) is 5.39. The SMILES string of the molecule is C/C(=N\NC(=O)Cc1ccc(O)cc1)c1ccc(NC(=O)c2ccc(Cl)s2)cc1. The number of benzene rings is 2.